The van der Waals surface area contributed by atoms with Crippen LogP contribution in [0.25, 0.3) is 32.7 Å². The number of benzene rings is 4. The Labute approximate surface area is 118 Å². The second-order valence-corrected chi connectivity index (χ2v) is 5.00. The van der Waals surface area contributed by atoms with Gasteiger partial charge in [-0.15, -0.1) is 0 Å². The third-order valence-electron chi connectivity index (χ3n) is 3.77. The monoisotopic (exact) mass is 253 g/mol. The molecule has 4 rings (SSSR count). The molecule has 1 radical (unpaired) electrons. The highest BCUT2D eigenvalue weighted by molar-refractivity contribution is 6.08. The van der Waals surface area contributed by atoms with Crippen LogP contribution in [0.4, 0.5) is 0 Å². The molecule has 0 fully saturated rings. The summed E-state index contributed by atoms with van der Waals surface area (Å²) in [5.41, 5.74) is 2.51. The zero-order valence-corrected chi connectivity index (χ0v) is 11.0. The van der Waals surface area contributed by atoms with E-state index in [1.54, 1.807) is 0 Å². The van der Waals surface area contributed by atoms with Crippen LogP contribution in [0.1, 0.15) is 0 Å². The molecule has 0 unspecified atom stereocenters. The zero-order valence-electron chi connectivity index (χ0n) is 11.0. The Kier molecular flexibility index (Phi) is 2.53. The van der Waals surface area contributed by atoms with Gasteiger partial charge < -0.3 is 0 Å². The second kappa shape index (κ2) is 4.50. The Bertz CT molecular complexity index is 889. The van der Waals surface area contributed by atoms with Gasteiger partial charge >= 0.3 is 0 Å². The molecule has 0 heterocycles. The van der Waals surface area contributed by atoms with Crippen molar-refractivity contribution in [1.29, 1.82) is 0 Å². The molecule has 0 saturated carbocycles. The highest BCUT2D eigenvalue weighted by Gasteiger charge is 2.03. The first kappa shape index (κ1) is 11.2. The van der Waals surface area contributed by atoms with Crippen molar-refractivity contribution in [1.82, 2.24) is 0 Å². The maximum Gasteiger partial charge on any atom is -0.00987 e. The number of fused-ring (bicyclic) bond motifs is 3. The molecular weight excluding hydrogens is 240 g/mol. The molecule has 93 valence electrons. The summed E-state index contributed by atoms with van der Waals surface area (Å²) >= 11 is 0. The van der Waals surface area contributed by atoms with Gasteiger partial charge in [-0.25, -0.2) is 0 Å². The predicted molar refractivity (Wildman–Crippen MR) is 85.7 cm³/mol. The van der Waals surface area contributed by atoms with Crippen LogP contribution in [0.5, 0.6) is 0 Å². The van der Waals surface area contributed by atoms with Crippen molar-refractivity contribution in [2.75, 3.05) is 0 Å². The summed E-state index contributed by atoms with van der Waals surface area (Å²) in [4.78, 5) is 0. The Balaban J connectivity index is 2.05. The molecule has 0 N–H and O–H groups in total. The van der Waals surface area contributed by atoms with E-state index in [0.717, 1.165) is 0 Å². The van der Waals surface area contributed by atoms with Gasteiger partial charge in [0.25, 0.3) is 0 Å². The molecular formula is C20H13. The fourth-order valence-corrected chi connectivity index (χ4v) is 2.74. The van der Waals surface area contributed by atoms with E-state index in [2.05, 4.69) is 78.9 Å². The Morgan fingerprint density at radius 1 is 0.600 bits per heavy atom. The van der Waals surface area contributed by atoms with E-state index in [1.807, 2.05) is 6.07 Å². The Morgan fingerprint density at radius 3 is 2.35 bits per heavy atom. The molecule has 20 heavy (non-hydrogen) atoms. The molecule has 0 aliphatic heterocycles. The first-order valence-electron chi connectivity index (χ1n) is 6.80. The van der Waals surface area contributed by atoms with Crippen LogP contribution in [-0.2, 0) is 0 Å². The van der Waals surface area contributed by atoms with Crippen LogP contribution in [0.15, 0.2) is 78.9 Å². The molecule has 0 aliphatic rings. The smallest absolute Gasteiger partial charge is 0.00987 e. The van der Waals surface area contributed by atoms with E-state index in [4.69, 9.17) is 0 Å². The summed E-state index contributed by atoms with van der Waals surface area (Å²) in [5, 5.41) is 5.01. The van der Waals surface area contributed by atoms with Crippen LogP contribution >= 0.6 is 0 Å². The third kappa shape index (κ3) is 1.78. The SMILES string of the molecule is [c]1cccc2c1ccc1ccc(-c3ccccc3)cc12. The lowest BCUT2D eigenvalue weighted by atomic mass is 9.97. The minimum absolute atomic E-state index is 1.17. The topological polar surface area (TPSA) is 0 Å². The van der Waals surface area contributed by atoms with Crippen LogP contribution in [0, 0.1) is 6.07 Å². The van der Waals surface area contributed by atoms with Gasteiger partial charge in [0.15, 0.2) is 0 Å². The van der Waals surface area contributed by atoms with Crippen molar-refractivity contribution < 1.29 is 0 Å². The first-order chi connectivity index (χ1) is 9.92. The van der Waals surface area contributed by atoms with Gasteiger partial charge in [0.2, 0.25) is 0 Å². The molecule has 0 bridgehead atoms. The highest BCUT2D eigenvalue weighted by atomic mass is 14.1. The average molecular weight is 253 g/mol. The molecule has 4 aromatic rings. The first-order valence-corrected chi connectivity index (χ1v) is 6.80. The quantitative estimate of drug-likeness (QED) is 0.395. The van der Waals surface area contributed by atoms with E-state index in [0.29, 0.717) is 0 Å². The van der Waals surface area contributed by atoms with Crippen molar-refractivity contribution in [3.05, 3.63) is 84.9 Å². The predicted octanol–water partition coefficient (Wildman–Crippen LogP) is 5.46. The van der Waals surface area contributed by atoms with Gasteiger partial charge in [-0.3, -0.25) is 0 Å². The highest BCUT2D eigenvalue weighted by Crippen LogP contribution is 2.29. The van der Waals surface area contributed by atoms with Crippen LogP contribution in [-0.4, -0.2) is 0 Å². The lowest BCUT2D eigenvalue weighted by Crippen LogP contribution is -1.81. The maximum atomic E-state index is 3.30. The average Bonchev–Trinajstić information content (AvgIpc) is 2.55. The number of hydrogen-bond acceptors (Lipinski definition) is 0. The van der Waals surface area contributed by atoms with Crippen molar-refractivity contribution in [2.45, 2.75) is 0 Å². The van der Waals surface area contributed by atoms with Gasteiger partial charge in [0.05, 0.1) is 0 Å². The van der Waals surface area contributed by atoms with Crippen LogP contribution < -0.4 is 0 Å². The molecule has 0 aliphatic carbocycles. The molecule has 0 aromatic heterocycles. The van der Waals surface area contributed by atoms with Crippen molar-refractivity contribution in [3.8, 4) is 11.1 Å². The summed E-state index contributed by atoms with van der Waals surface area (Å²) in [6, 6.07) is 31.0. The van der Waals surface area contributed by atoms with Crippen molar-refractivity contribution >= 4 is 21.5 Å². The normalized spacial score (nSPS) is 11.0. The van der Waals surface area contributed by atoms with E-state index >= 15 is 0 Å². The second-order valence-electron chi connectivity index (χ2n) is 5.00. The minimum Gasteiger partial charge on any atom is -0.0622 e. The Morgan fingerprint density at radius 2 is 1.45 bits per heavy atom. The lowest BCUT2D eigenvalue weighted by Gasteiger charge is -2.07. The van der Waals surface area contributed by atoms with Crippen LogP contribution in [0.2, 0.25) is 0 Å². The fraction of sp³-hybridized carbons (Fsp3) is 0. The third-order valence-corrected chi connectivity index (χ3v) is 3.77. The molecule has 0 amide bonds. The van der Waals surface area contributed by atoms with Crippen molar-refractivity contribution in [2.24, 2.45) is 0 Å². The number of hydrogen-bond donors (Lipinski definition) is 0. The summed E-state index contributed by atoms with van der Waals surface area (Å²) in [6.07, 6.45) is 0. The fourth-order valence-electron chi connectivity index (χ4n) is 2.74. The Hall–Kier alpha value is -2.60. The number of rotatable bonds is 1. The van der Waals surface area contributed by atoms with Gasteiger partial charge in [-0.1, -0.05) is 72.8 Å². The van der Waals surface area contributed by atoms with E-state index < -0.39 is 0 Å². The van der Waals surface area contributed by atoms with Gasteiger partial charge in [0, 0.05) is 0 Å². The van der Waals surface area contributed by atoms with Crippen molar-refractivity contribution in [3.63, 3.8) is 0 Å². The summed E-state index contributed by atoms with van der Waals surface area (Å²) < 4.78 is 0. The molecule has 0 nitrogen and oxygen atoms in total. The van der Waals surface area contributed by atoms with Crippen LogP contribution in [0.3, 0.4) is 0 Å². The largest absolute Gasteiger partial charge is 0.0622 e. The van der Waals surface area contributed by atoms with Gasteiger partial charge in [-0.2, -0.15) is 0 Å². The van der Waals surface area contributed by atoms with E-state index in [1.165, 1.54) is 32.7 Å². The molecule has 0 saturated heterocycles. The summed E-state index contributed by atoms with van der Waals surface area (Å²) in [5.74, 6) is 0. The molecule has 4 aromatic carbocycles. The van der Waals surface area contributed by atoms with Gasteiger partial charge in [0.1, 0.15) is 0 Å². The molecule has 0 heteroatoms. The summed E-state index contributed by atoms with van der Waals surface area (Å²) in [6.45, 7) is 0. The van der Waals surface area contributed by atoms with E-state index in [-0.39, 0.29) is 0 Å². The lowest BCUT2D eigenvalue weighted by molar-refractivity contribution is 1.65. The minimum atomic E-state index is 1.17. The van der Waals surface area contributed by atoms with Gasteiger partial charge in [-0.05, 0) is 44.8 Å². The molecule has 0 spiro atoms. The maximum absolute atomic E-state index is 3.30. The summed E-state index contributed by atoms with van der Waals surface area (Å²) in [7, 11) is 0. The zero-order chi connectivity index (χ0) is 13.4. The van der Waals surface area contributed by atoms with E-state index in [9.17, 15) is 0 Å². The molecule has 0 atom stereocenters. The standard InChI is InChI=1S/C20H13/c1-2-6-15(7-3-1)18-13-12-17-11-10-16-8-4-5-9-19(16)20(17)14-18/h1-7,9-14H.